The normalized spacial score (nSPS) is 11.0. The molecule has 0 radical (unpaired) electrons. The quantitative estimate of drug-likeness (QED) is 0.699. The number of benzene rings is 1. The molecule has 1 aromatic carbocycles. The summed E-state index contributed by atoms with van der Waals surface area (Å²) in [5, 5.41) is 8.86. The second-order valence-corrected chi connectivity index (χ2v) is 6.35. The number of rotatable bonds is 6. The van der Waals surface area contributed by atoms with Crippen molar-refractivity contribution in [3.05, 3.63) is 52.1 Å². The molecule has 0 saturated carbocycles. The summed E-state index contributed by atoms with van der Waals surface area (Å²) in [6.45, 7) is 3.38. The average Bonchev–Trinajstić information content (AvgIpc) is 3.14. The lowest BCUT2D eigenvalue weighted by Gasteiger charge is -1.99. The van der Waals surface area contributed by atoms with Gasteiger partial charge in [0.1, 0.15) is 5.01 Å². The lowest BCUT2D eigenvalue weighted by atomic mass is 10.2. The van der Waals surface area contributed by atoms with Gasteiger partial charge >= 0.3 is 0 Å². The van der Waals surface area contributed by atoms with Crippen LogP contribution >= 0.6 is 22.9 Å². The molecular weight excluding hydrogens is 320 g/mol. The van der Waals surface area contributed by atoms with Gasteiger partial charge in [0.2, 0.25) is 5.89 Å². The van der Waals surface area contributed by atoms with Gasteiger partial charge < -0.3 is 9.84 Å². The van der Waals surface area contributed by atoms with Crippen molar-refractivity contribution in [1.82, 2.24) is 20.4 Å². The van der Waals surface area contributed by atoms with E-state index in [0.717, 1.165) is 35.1 Å². The number of nitrogens with one attached hydrogen (secondary N) is 1. The highest BCUT2D eigenvalue weighted by Crippen LogP contribution is 2.26. The number of thiazole rings is 1. The van der Waals surface area contributed by atoms with Gasteiger partial charge in [-0.25, -0.2) is 4.98 Å². The second-order valence-electron chi connectivity index (χ2n) is 4.80. The molecule has 0 aliphatic heterocycles. The zero-order chi connectivity index (χ0) is 15.4. The molecule has 114 valence electrons. The summed E-state index contributed by atoms with van der Waals surface area (Å²) >= 11 is 7.57. The molecule has 0 saturated heterocycles. The summed E-state index contributed by atoms with van der Waals surface area (Å²) in [7, 11) is 0. The van der Waals surface area contributed by atoms with Gasteiger partial charge in [0.15, 0.2) is 5.82 Å². The predicted molar refractivity (Wildman–Crippen MR) is 87.0 cm³/mol. The second kappa shape index (κ2) is 7.00. The Morgan fingerprint density at radius 3 is 2.82 bits per heavy atom. The summed E-state index contributed by atoms with van der Waals surface area (Å²) in [6.07, 6.45) is 2.63. The zero-order valence-electron chi connectivity index (χ0n) is 12.0. The third-order valence-corrected chi connectivity index (χ3v) is 4.33. The first-order valence-electron chi connectivity index (χ1n) is 6.91. The predicted octanol–water partition coefficient (Wildman–Crippen LogP) is 3.49. The van der Waals surface area contributed by atoms with Crippen molar-refractivity contribution < 1.29 is 4.52 Å². The summed E-state index contributed by atoms with van der Waals surface area (Å²) in [5.74, 6) is 1.33. The van der Waals surface area contributed by atoms with Crippen LogP contribution in [0.15, 0.2) is 35.0 Å². The van der Waals surface area contributed by atoms with Crippen molar-refractivity contribution >= 4 is 22.9 Å². The van der Waals surface area contributed by atoms with Gasteiger partial charge in [0, 0.05) is 41.2 Å². The van der Waals surface area contributed by atoms with Crippen LogP contribution in [-0.2, 0) is 13.0 Å². The third kappa shape index (κ3) is 3.91. The van der Waals surface area contributed by atoms with E-state index in [1.54, 1.807) is 11.3 Å². The Bertz CT molecular complexity index is 738. The molecule has 0 unspecified atom stereocenters. The van der Waals surface area contributed by atoms with E-state index in [1.807, 2.05) is 37.4 Å². The minimum Gasteiger partial charge on any atom is -0.339 e. The van der Waals surface area contributed by atoms with Crippen molar-refractivity contribution in [1.29, 1.82) is 0 Å². The molecule has 2 heterocycles. The van der Waals surface area contributed by atoms with Crippen LogP contribution in [0, 0.1) is 6.92 Å². The number of hydrogen-bond donors (Lipinski definition) is 1. The lowest BCUT2D eigenvalue weighted by molar-refractivity contribution is 0.372. The molecule has 0 aliphatic carbocycles. The molecular formula is C15H15ClN4OS. The van der Waals surface area contributed by atoms with E-state index in [1.165, 1.54) is 4.88 Å². The molecule has 0 spiro atoms. The van der Waals surface area contributed by atoms with Gasteiger partial charge in [-0.3, -0.25) is 0 Å². The first-order chi connectivity index (χ1) is 10.7. The topological polar surface area (TPSA) is 63.8 Å². The Morgan fingerprint density at radius 1 is 1.27 bits per heavy atom. The largest absolute Gasteiger partial charge is 0.339 e. The first-order valence-corrected chi connectivity index (χ1v) is 8.11. The van der Waals surface area contributed by atoms with E-state index < -0.39 is 0 Å². The molecule has 0 amide bonds. The van der Waals surface area contributed by atoms with Gasteiger partial charge in [-0.05, 0) is 19.1 Å². The standard InChI is InChI=1S/C15H15ClN4OS/c1-10-19-14(21-20-10)6-7-17-8-13-9-18-15(22-13)11-2-4-12(16)5-3-11/h2-5,9,17H,6-8H2,1H3. The fourth-order valence-corrected chi connectivity index (χ4v) is 2.98. The third-order valence-electron chi connectivity index (χ3n) is 3.03. The van der Waals surface area contributed by atoms with Crippen LogP contribution in [0.1, 0.15) is 16.6 Å². The van der Waals surface area contributed by atoms with Crippen LogP contribution in [0.4, 0.5) is 0 Å². The highest BCUT2D eigenvalue weighted by molar-refractivity contribution is 7.15. The van der Waals surface area contributed by atoms with E-state index in [4.69, 9.17) is 16.1 Å². The number of aryl methyl sites for hydroxylation is 1. The minimum atomic E-state index is 0.663. The first kappa shape index (κ1) is 15.1. The van der Waals surface area contributed by atoms with Gasteiger partial charge in [0.25, 0.3) is 0 Å². The zero-order valence-corrected chi connectivity index (χ0v) is 13.6. The molecule has 3 rings (SSSR count). The SMILES string of the molecule is Cc1noc(CCNCc2cnc(-c3ccc(Cl)cc3)s2)n1. The molecule has 22 heavy (non-hydrogen) atoms. The van der Waals surface area contributed by atoms with Crippen molar-refractivity contribution in [3.8, 4) is 10.6 Å². The van der Waals surface area contributed by atoms with Crippen LogP contribution in [0.2, 0.25) is 5.02 Å². The maximum Gasteiger partial charge on any atom is 0.227 e. The average molecular weight is 335 g/mol. The summed E-state index contributed by atoms with van der Waals surface area (Å²) in [5.41, 5.74) is 1.09. The van der Waals surface area contributed by atoms with Gasteiger partial charge in [-0.15, -0.1) is 11.3 Å². The lowest BCUT2D eigenvalue weighted by Crippen LogP contribution is -2.16. The van der Waals surface area contributed by atoms with Gasteiger partial charge in [0.05, 0.1) is 0 Å². The summed E-state index contributed by atoms with van der Waals surface area (Å²) in [4.78, 5) is 9.81. The van der Waals surface area contributed by atoms with E-state index in [-0.39, 0.29) is 0 Å². The Hall–Kier alpha value is -1.76. The van der Waals surface area contributed by atoms with Gasteiger partial charge in [-0.1, -0.05) is 28.9 Å². The Kier molecular flexibility index (Phi) is 4.82. The maximum absolute atomic E-state index is 5.90. The Labute approximate surface area is 137 Å². The minimum absolute atomic E-state index is 0.663. The van der Waals surface area contributed by atoms with Crippen molar-refractivity contribution in [2.75, 3.05) is 6.54 Å². The van der Waals surface area contributed by atoms with Crippen molar-refractivity contribution in [2.45, 2.75) is 19.9 Å². The molecule has 0 fully saturated rings. The van der Waals surface area contributed by atoms with Crippen LogP contribution < -0.4 is 5.32 Å². The summed E-state index contributed by atoms with van der Waals surface area (Å²) < 4.78 is 5.07. The fourth-order valence-electron chi connectivity index (χ4n) is 1.96. The molecule has 2 aromatic heterocycles. The van der Waals surface area contributed by atoms with Crippen LogP contribution in [0.5, 0.6) is 0 Å². The molecule has 5 nitrogen and oxygen atoms in total. The Balaban J connectivity index is 1.50. The van der Waals surface area contributed by atoms with Gasteiger partial charge in [-0.2, -0.15) is 4.98 Å². The summed E-state index contributed by atoms with van der Waals surface area (Å²) in [6, 6.07) is 7.72. The van der Waals surface area contributed by atoms with E-state index in [0.29, 0.717) is 11.7 Å². The molecule has 7 heteroatoms. The van der Waals surface area contributed by atoms with Crippen molar-refractivity contribution in [2.24, 2.45) is 0 Å². The highest BCUT2D eigenvalue weighted by Gasteiger charge is 2.05. The number of halogens is 1. The Morgan fingerprint density at radius 2 is 2.09 bits per heavy atom. The smallest absolute Gasteiger partial charge is 0.227 e. The molecule has 0 bridgehead atoms. The molecule has 3 aromatic rings. The van der Waals surface area contributed by atoms with E-state index in [9.17, 15) is 0 Å². The molecule has 0 aliphatic rings. The molecule has 0 atom stereocenters. The number of aromatic nitrogens is 3. The number of nitrogens with zero attached hydrogens (tertiary/aromatic N) is 3. The van der Waals surface area contributed by atoms with Crippen molar-refractivity contribution in [3.63, 3.8) is 0 Å². The van der Waals surface area contributed by atoms with Crippen LogP contribution in [-0.4, -0.2) is 21.7 Å². The van der Waals surface area contributed by atoms with E-state index >= 15 is 0 Å². The van der Waals surface area contributed by atoms with E-state index in [2.05, 4.69) is 20.4 Å². The monoisotopic (exact) mass is 334 g/mol. The van der Waals surface area contributed by atoms with Crippen LogP contribution in [0.25, 0.3) is 10.6 Å². The molecule has 1 N–H and O–H groups in total. The maximum atomic E-state index is 5.90. The fraction of sp³-hybridized carbons (Fsp3) is 0.267. The van der Waals surface area contributed by atoms with Crippen LogP contribution in [0.3, 0.4) is 0 Å². The number of hydrogen-bond acceptors (Lipinski definition) is 6. The highest BCUT2D eigenvalue weighted by atomic mass is 35.5.